The largest absolute Gasteiger partial charge is 0.206 e. The second kappa shape index (κ2) is 3.96. The molecule has 0 amide bonds. The Bertz CT molecular complexity index is 671. The van der Waals surface area contributed by atoms with Crippen molar-refractivity contribution in [2.24, 2.45) is 0 Å². The maximum Gasteiger partial charge on any atom is 0.120 e. The van der Waals surface area contributed by atoms with Crippen molar-refractivity contribution in [1.82, 2.24) is 14.8 Å². The van der Waals surface area contributed by atoms with Crippen molar-refractivity contribution >= 4 is 21.4 Å². The van der Waals surface area contributed by atoms with Gasteiger partial charge in [0.1, 0.15) is 10.3 Å². The summed E-state index contributed by atoms with van der Waals surface area (Å²) in [6, 6.07) is 14.2. The number of halogens is 1. The highest BCUT2D eigenvalue weighted by molar-refractivity contribution is 9.10. The van der Waals surface area contributed by atoms with Gasteiger partial charge in [-0.1, -0.05) is 41.1 Å². The van der Waals surface area contributed by atoms with Crippen LogP contribution in [0.15, 0.2) is 47.1 Å². The van der Waals surface area contributed by atoms with E-state index in [1.807, 2.05) is 18.2 Å². The quantitative estimate of drug-likeness (QED) is 0.642. The van der Waals surface area contributed by atoms with Crippen LogP contribution in [0.4, 0.5) is 0 Å². The molecule has 0 N–H and O–H groups in total. The SMILES string of the molecule is Cc1ccc(-c2nnn3c(Br)cccc23)cc1. The number of nitrogens with zero attached hydrogens (tertiary/aromatic N) is 3. The molecule has 0 radical (unpaired) electrons. The van der Waals surface area contributed by atoms with Crippen molar-refractivity contribution in [3.05, 3.63) is 52.6 Å². The summed E-state index contributed by atoms with van der Waals surface area (Å²) in [6.07, 6.45) is 0. The van der Waals surface area contributed by atoms with Crippen LogP contribution in [0.1, 0.15) is 5.56 Å². The molecule has 0 spiro atoms. The van der Waals surface area contributed by atoms with Gasteiger partial charge in [0.25, 0.3) is 0 Å². The summed E-state index contributed by atoms with van der Waals surface area (Å²) in [5.74, 6) is 0. The van der Waals surface area contributed by atoms with Gasteiger partial charge in [0.15, 0.2) is 0 Å². The predicted octanol–water partition coefficient (Wildman–Crippen LogP) is 3.47. The molecular weight excluding hydrogens is 278 g/mol. The molecule has 0 aliphatic heterocycles. The molecule has 84 valence electrons. The van der Waals surface area contributed by atoms with E-state index in [0.29, 0.717) is 0 Å². The zero-order valence-corrected chi connectivity index (χ0v) is 10.8. The van der Waals surface area contributed by atoms with Crippen molar-refractivity contribution < 1.29 is 0 Å². The van der Waals surface area contributed by atoms with Crippen molar-refractivity contribution in [1.29, 1.82) is 0 Å². The van der Waals surface area contributed by atoms with Crippen molar-refractivity contribution in [3.63, 3.8) is 0 Å². The fourth-order valence-corrected chi connectivity index (χ4v) is 2.22. The summed E-state index contributed by atoms with van der Waals surface area (Å²) in [4.78, 5) is 0. The number of hydrogen-bond acceptors (Lipinski definition) is 2. The van der Waals surface area contributed by atoms with E-state index < -0.39 is 0 Å². The van der Waals surface area contributed by atoms with Gasteiger partial charge in [0, 0.05) is 5.56 Å². The van der Waals surface area contributed by atoms with E-state index >= 15 is 0 Å². The van der Waals surface area contributed by atoms with E-state index in [-0.39, 0.29) is 0 Å². The normalized spacial score (nSPS) is 10.9. The van der Waals surface area contributed by atoms with E-state index in [9.17, 15) is 0 Å². The van der Waals surface area contributed by atoms with Crippen LogP contribution in [0, 0.1) is 6.92 Å². The van der Waals surface area contributed by atoms with Crippen LogP contribution in [0.25, 0.3) is 16.8 Å². The minimum Gasteiger partial charge on any atom is -0.206 e. The molecule has 0 unspecified atom stereocenters. The van der Waals surface area contributed by atoms with Crippen LogP contribution in [-0.2, 0) is 0 Å². The molecular formula is C13H10BrN3. The number of rotatable bonds is 1. The molecule has 0 bridgehead atoms. The first kappa shape index (κ1) is 10.5. The fraction of sp³-hybridized carbons (Fsp3) is 0.0769. The molecule has 4 heteroatoms. The topological polar surface area (TPSA) is 30.2 Å². The molecule has 17 heavy (non-hydrogen) atoms. The first-order valence-corrected chi connectivity index (χ1v) is 6.12. The lowest BCUT2D eigenvalue weighted by Crippen LogP contribution is -1.88. The smallest absolute Gasteiger partial charge is 0.120 e. The molecule has 3 nitrogen and oxygen atoms in total. The maximum absolute atomic E-state index is 4.24. The van der Waals surface area contributed by atoms with Gasteiger partial charge < -0.3 is 0 Å². The Morgan fingerprint density at radius 1 is 1.06 bits per heavy atom. The third kappa shape index (κ3) is 1.74. The molecule has 0 saturated heterocycles. The number of aromatic nitrogens is 3. The summed E-state index contributed by atoms with van der Waals surface area (Å²) in [6.45, 7) is 2.07. The van der Waals surface area contributed by atoms with Gasteiger partial charge in [-0.25, -0.2) is 4.52 Å². The minimum absolute atomic E-state index is 0.904. The van der Waals surface area contributed by atoms with E-state index in [1.165, 1.54) is 5.56 Å². The lowest BCUT2D eigenvalue weighted by atomic mass is 10.1. The first-order chi connectivity index (χ1) is 8.25. The lowest BCUT2D eigenvalue weighted by molar-refractivity contribution is 0.840. The van der Waals surface area contributed by atoms with E-state index in [0.717, 1.165) is 21.4 Å². The van der Waals surface area contributed by atoms with Gasteiger partial charge in [0.2, 0.25) is 0 Å². The summed E-state index contributed by atoms with van der Waals surface area (Å²) >= 11 is 3.45. The van der Waals surface area contributed by atoms with Crippen LogP contribution < -0.4 is 0 Å². The average molecular weight is 288 g/mol. The molecule has 0 aliphatic rings. The molecule has 0 atom stereocenters. The first-order valence-electron chi connectivity index (χ1n) is 5.33. The van der Waals surface area contributed by atoms with Gasteiger partial charge in [-0.3, -0.25) is 0 Å². The van der Waals surface area contributed by atoms with Crippen molar-refractivity contribution in [3.8, 4) is 11.3 Å². The van der Waals surface area contributed by atoms with Crippen LogP contribution in [0.5, 0.6) is 0 Å². The second-order valence-electron chi connectivity index (χ2n) is 3.95. The monoisotopic (exact) mass is 287 g/mol. The summed E-state index contributed by atoms with van der Waals surface area (Å²) in [7, 11) is 0. The molecule has 1 aromatic carbocycles. The van der Waals surface area contributed by atoms with Gasteiger partial charge in [-0.05, 0) is 35.0 Å². The molecule has 2 aromatic heterocycles. The number of hydrogen-bond donors (Lipinski definition) is 0. The van der Waals surface area contributed by atoms with Crippen LogP contribution in [0.2, 0.25) is 0 Å². The Kier molecular flexibility index (Phi) is 2.44. The van der Waals surface area contributed by atoms with Crippen LogP contribution in [-0.4, -0.2) is 14.8 Å². The lowest BCUT2D eigenvalue weighted by Gasteiger charge is -1.99. The Morgan fingerprint density at radius 3 is 2.59 bits per heavy atom. The van der Waals surface area contributed by atoms with Gasteiger partial charge in [-0.15, -0.1) is 5.10 Å². The highest BCUT2D eigenvalue weighted by Gasteiger charge is 2.09. The third-order valence-electron chi connectivity index (χ3n) is 2.72. The van der Waals surface area contributed by atoms with Crippen molar-refractivity contribution in [2.45, 2.75) is 6.92 Å². The molecule has 0 saturated carbocycles. The van der Waals surface area contributed by atoms with E-state index in [1.54, 1.807) is 4.52 Å². The number of fused-ring (bicyclic) bond motifs is 1. The Morgan fingerprint density at radius 2 is 1.82 bits per heavy atom. The average Bonchev–Trinajstić information content (AvgIpc) is 2.75. The zero-order valence-electron chi connectivity index (χ0n) is 9.26. The Balaban J connectivity index is 2.24. The summed E-state index contributed by atoms with van der Waals surface area (Å²) < 4.78 is 2.69. The molecule has 3 rings (SSSR count). The molecule has 0 fully saturated rings. The Hall–Kier alpha value is -1.68. The second-order valence-corrected chi connectivity index (χ2v) is 4.76. The van der Waals surface area contributed by atoms with E-state index in [4.69, 9.17) is 0 Å². The van der Waals surface area contributed by atoms with Gasteiger partial charge in [0.05, 0.1) is 5.52 Å². The van der Waals surface area contributed by atoms with Gasteiger partial charge >= 0.3 is 0 Å². The summed E-state index contributed by atoms with van der Waals surface area (Å²) in [5, 5.41) is 8.38. The highest BCUT2D eigenvalue weighted by atomic mass is 79.9. The number of pyridine rings is 1. The van der Waals surface area contributed by atoms with E-state index in [2.05, 4.69) is 57.4 Å². The summed E-state index contributed by atoms with van der Waals surface area (Å²) in [5.41, 5.74) is 4.24. The van der Waals surface area contributed by atoms with Crippen LogP contribution in [0.3, 0.4) is 0 Å². The molecule has 0 aliphatic carbocycles. The maximum atomic E-state index is 4.24. The zero-order chi connectivity index (χ0) is 11.8. The Labute approximate surface area is 107 Å². The van der Waals surface area contributed by atoms with Gasteiger partial charge in [-0.2, -0.15) is 0 Å². The van der Waals surface area contributed by atoms with Crippen molar-refractivity contribution in [2.75, 3.05) is 0 Å². The predicted molar refractivity (Wildman–Crippen MR) is 70.9 cm³/mol. The third-order valence-corrected chi connectivity index (χ3v) is 3.32. The van der Waals surface area contributed by atoms with Crippen LogP contribution >= 0.6 is 15.9 Å². The minimum atomic E-state index is 0.904. The number of benzene rings is 1. The molecule has 2 heterocycles. The number of aryl methyl sites for hydroxylation is 1. The highest BCUT2D eigenvalue weighted by Crippen LogP contribution is 2.24. The molecule has 3 aromatic rings. The fourth-order valence-electron chi connectivity index (χ4n) is 1.80. The standard InChI is InChI=1S/C13H10BrN3/c1-9-5-7-10(8-6-9)13-11-3-2-4-12(14)17(11)16-15-13/h2-8H,1H3.